The van der Waals surface area contributed by atoms with Crippen molar-refractivity contribution >= 4 is 28.3 Å². The van der Waals surface area contributed by atoms with Gasteiger partial charge in [-0.05, 0) is 12.8 Å². The van der Waals surface area contributed by atoms with Crippen LogP contribution in [0, 0.1) is 11.7 Å². The number of nitrogens with one attached hydrogen (secondary N) is 1. The lowest BCUT2D eigenvalue weighted by Crippen LogP contribution is -2.34. The summed E-state index contributed by atoms with van der Waals surface area (Å²) in [6.07, 6.45) is 2.11. The maximum atomic E-state index is 14.0. The van der Waals surface area contributed by atoms with Gasteiger partial charge in [0.15, 0.2) is 11.0 Å². The highest BCUT2D eigenvalue weighted by Gasteiger charge is 2.56. The van der Waals surface area contributed by atoms with Gasteiger partial charge in [-0.1, -0.05) is 25.4 Å². The maximum absolute atomic E-state index is 14.0. The van der Waals surface area contributed by atoms with Gasteiger partial charge in [-0.3, -0.25) is 0 Å². The summed E-state index contributed by atoms with van der Waals surface area (Å²) in [5.41, 5.74) is -0.722. The lowest BCUT2D eigenvalue weighted by molar-refractivity contribution is 0.438. The number of fused-ring (bicyclic) bond motifs is 2. The number of pyridine rings is 1. The van der Waals surface area contributed by atoms with E-state index in [0.717, 1.165) is 12.8 Å². The minimum atomic E-state index is -0.909. The molecule has 0 spiro atoms. The molecule has 23 heavy (non-hydrogen) atoms. The topological polar surface area (TPSA) is 61.9 Å². The summed E-state index contributed by atoms with van der Waals surface area (Å²) in [6.45, 7) is 4.59. The number of H-pyrrole nitrogens is 1. The number of aromatic amines is 1. The number of alkyl halides is 1. The lowest BCUT2D eigenvalue weighted by atomic mass is 10.1. The van der Waals surface area contributed by atoms with E-state index in [1.165, 1.54) is 6.20 Å². The zero-order valence-electron chi connectivity index (χ0n) is 12.8. The van der Waals surface area contributed by atoms with E-state index >= 15 is 0 Å². The van der Waals surface area contributed by atoms with Crippen LogP contribution in [-0.4, -0.2) is 33.7 Å². The second-order valence-electron chi connectivity index (χ2n) is 5.45. The summed E-state index contributed by atoms with van der Waals surface area (Å²) in [5, 5.41) is 0.0258. The van der Waals surface area contributed by atoms with Gasteiger partial charge in [0.25, 0.3) is 0 Å². The number of rotatable bonds is 1. The smallest absolute Gasteiger partial charge is 0.347 e. The highest BCUT2D eigenvalue weighted by Crippen LogP contribution is 2.47. The van der Waals surface area contributed by atoms with Crippen LogP contribution in [0.4, 0.5) is 14.6 Å². The summed E-state index contributed by atoms with van der Waals surface area (Å²) in [6, 6.07) is -0.269. The minimum Gasteiger partial charge on any atom is -0.350 e. The fourth-order valence-electron chi connectivity index (χ4n) is 3.21. The second kappa shape index (κ2) is 6.03. The molecule has 3 unspecified atom stereocenters. The van der Waals surface area contributed by atoms with E-state index in [2.05, 4.69) is 15.0 Å². The van der Waals surface area contributed by atoms with Crippen molar-refractivity contribution < 1.29 is 8.78 Å². The molecule has 1 aliphatic heterocycles. The van der Waals surface area contributed by atoms with Crippen LogP contribution in [0.1, 0.15) is 26.7 Å². The molecule has 1 aliphatic carbocycles. The first-order valence-corrected chi connectivity index (χ1v) is 8.10. The van der Waals surface area contributed by atoms with Crippen molar-refractivity contribution in [1.82, 2.24) is 15.0 Å². The van der Waals surface area contributed by atoms with E-state index in [1.807, 2.05) is 13.8 Å². The third-order valence-corrected chi connectivity index (χ3v) is 4.52. The molecule has 3 atom stereocenters. The maximum Gasteiger partial charge on any atom is 0.347 e. The third-order valence-electron chi connectivity index (χ3n) is 4.26. The molecule has 2 fully saturated rings. The molecule has 0 aromatic carbocycles. The number of piperidine rings is 1. The molecule has 3 heterocycles. The van der Waals surface area contributed by atoms with Gasteiger partial charge in [-0.2, -0.15) is 4.98 Å². The molecule has 1 saturated heterocycles. The monoisotopic (exact) mass is 342 g/mol. The second-order valence-corrected chi connectivity index (χ2v) is 5.81. The van der Waals surface area contributed by atoms with E-state index in [4.69, 9.17) is 11.6 Å². The van der Waals surface area contributed by atoms with Crippen molar-refractivity contribution in [2.24, 2.45) is 5.92 Å². The number of nitrogens with zero attached hydrogens (tertiary/aromatic N) is 3. The molecule has 1 N–H and O–H groups in total. The van der Waals surface area contributed by atoms with Crippen LogP contribution < -0.4 is 10.6 Å². The quantitative estimate of drug-likeness (QED) is 0.809. The zero-order chi connectivity index (χ0) is 16.7. The van der Waals surface area contributed by atoms with Crippen LogP contribution in [0.3, 0.4) is 0 Å². The van der Waals surface area contributed by atoms with Crippen molar-refractivity contribution in [2.75, 3.05) is 11.4 Å². The van der Waals surface area contributed by atoms with Crippen molar-refractivity contribution in [3.8, 4) is 0 Å². The van der Waals surface area contributed by atoms with E-state index < -0.39 is 17.7 Å². The van der Waals surface area contributed by atoms with E-state index in [9.17, 15) is 13.6 Å². The molecule has 0 amide bonds. The average Bonchev–Trinajstić information content (AvgIpc) is 3.23. The molecule has 4 rings (SSSR count). The van der Waals surface area contributed by atoms with Gasteiger partial charge in [0.2, 0.25) is 0 Å². The normalized spacial score (nSPS) is 25.6. The number of hydrogen-bond acceptors (Lipinski definition) is 4. The summed E-state index contributed by atoms with van der Waals surface area (Å²) in [7, 11) is 0. The van der Waals surface area contributed by atoms with Crippen molar-refractivity contribution in [2.45, 2.75) is 38.9 Å². The predicted molar refractivity (Wildman–Crippen MR) is 85.2 cm³/mol. The molecule has 0 radical (unpaired) electrons. The van der Waals surface area contributed by atoms with Crippen LogP contribution in [0.5, 0.6) is 0 Å². The fourth-order valence-corrected chi connectivity index (χ4v) is 3.35. The highest BCUT2D eigenvalue weighted by molar-refractivity contribution is 6.30. The van der Waals surface area contributed by atoms with Crippen LogP contribution in [0.25, 0.3) is 10.9 Å². The number of halogens is 3. The summed E-state index contributed by atoms with van der Waals surface area (Å²) < 4.78 is 27.8. The largest absolute Gasteiger partial charge is 0.350 e. The van der Waals surface area contributed by atoms with E-state index in [1.54, 1.807) is 4.90 Å². The molecule has 0 bridgehead atoms. The Kier molecular flexibility index (Phi) is 4.23. The Balaban J connectivity index is 0.000000753. The van der Waals surface area contributed by atoms with Gasteiger partial charge in [-0.25, -0.2) is 18.6 Å². The fraction of sp³-hybridized carbons (Fsp3) is 0.533. The van der Waals surface area contributed by atoms with Gasteiger partial charge in [0.1, 0.15) is 12.0 Å². The lowest BCUT2D eigenvalue weighted by Gasteiger charge is -2.27. The SMILES string of the molecule is CC.O=c1nc(N2CCCC3C(F)C32)c2cnc(Cl)c(F)c2[nH]1. The highest BCUT2D eigenvalue weighted by atomic mass is 35.5. The predicted octanol–water partition coefficient (Wildman–Crippen LogP) is 3.07. The summed E-state index contributed by atoms with van der Waals surface area (Å²) >= 11 is 5.64. The van der Waals surface area contributed by atoms with Crippen LogP contribution in [0.15, 0.2) is 11.0 Å². The molecular weight excluding hydrogens is 326 g/mol. The number of anilines is 1. The van der Waals surface area contributed by atoms with Crippen LogP contribution in [0.2, 0.25) is 5.15 Å². The first-order valence-electron chi connectivity index (χ1n) is 7.72. The van der Waals surface area contributed by atoms with Gasteiger partial charge in [-0.15, -0.1) is 0 Å². The average molecular weight is 343 g/mol. The van der Waals surface area contributed by atoms with Gasteiger partial charge in [0, 0.05) is 18.7 Å². The van der Waals surface area contributed by atoms with Crippen LogP contribution in [-0.2, 0) is 0 Å². The third kappa shape index (κ3) is 2.56. The molecule has 2 aromatic rings. The molecule has 8 heteroatoms. The summed E-state index contributed by atoms with van der Waals surface area (Å²) in [5.74, 6) is -0.525. The van der Waals surface area contributed by atoms with Gasteiger partial charge < -0.3 is 9.88 Å². The van der Waals surface area contributed by atoms with Crippen molar-refractivity contribution in [1.29, 1.82) is 0 Å². The van der Waals surface area contributed by atoms with E-state index in [-0.39, 0.29) is 28.4 Å². The number of hydrogen-bond donors (Lipinski definition) is 1. The molecule has 1 saturated carbocycles. The molecule has 5 nitrogen and oxygen atoms in total. The molecular formula is C15H17ClF2N4O. The first kappa shape index (κ1) is 16.1. The molecule has 2 aromatic heterocycles. The first-order chi connectivity index (χ1) is 11.1. The Labute approximate surface area is 136 Å². The van der Waals surface area contributed by atoms with Crippen LogP contribution >= 0.6 is 11.6 Å². The Bertz CT molecular complexity index is 797. The Hall–Kier alpha value is -1.76. The Morgan fingerprint density at radius 1 is 1.43 bits per heavy atom. The Morgan fingerprint density at radius 2 is 2.17 bits per heavy atom. The Morgan fingerprint density at radius 3 is 2.91 bits per heavy atom. The molecule has 124 valence electrons. The van der Waals surface area contributed by atoms with Gasteiger partial charge in [0.05, 0.1) is 16.9 Å². The van der Waals surface area contributed by atoms with Crippen molar-refractivity contribution in [3.63, 3.8) is 0 Å². The van der Waals surface area contributed by atoms with Gasteiger partial charge >= 0.3 is 5.69 Å². The minimum absolute atomic E-state index is 0.0139. The van der Waals surface area contributed by atoms with E-state index in [0.29, 0.717) is 11.9 Å². The zero-order valence-corrected chi connectivity index (χ0v) is 13.6. The summed E-state index contributed by atoms with van der Waals surface area (Å²) in [4.78, 5) is 23.4. The standard InChI is InChI=1S/C13H11ClF2N4O.C2H6/c14-11-8(16)9-6(4-17-11)12(19-13(21)18-9)20-3-1-2-5-7(15)10(5)20;1-2/h4-5,7,10H,1-3H2,(H,18,19,21);1-2H3. The number of aromatic nitrogens is 3. The van der Waals surface area contributed by atoms with Crippen molar-refractivity contribution in [3.05, 3.63) is 27.7 Å². The molecule has 2 aliphatic rings.